The van der Waals surface area contributed by atoms with E-state index in [1.165, 1.54) is 38.8 Å². The van der Waals surface area contributed by atoms with Crippen molar-refractivity contribution < 1.29 is 4.74 Å². The van der Waals surface area contributed by atoms with Crippen LogP contribution in [0.15, 0.2) is 0 Å². The van der Waals surface area contributed by atoms with Gasteiger partial charge in [0.2, 0.25) is 0 Å². The molecule has 0 amide bonds. The third-order valence-electron chi connectivity index (χ3n) is 5.14. The van der Waals surface area contributed by atoms with Crippen LogP contribution in [-0.2, 0) is 4.74 Å². The first-order chi connectivity index (χ1) is 8.55. The van der Waals surface area contributed by atoms with Crippen molar-refractivity contribution in [2.45, 2.75) is 58.9 Å². The van der Waals surface area contributed by atoms with Crippen molar-refractivity contribution in [3.8, 4) is 0 Å². The maximum absolute atomic E-state index is 5.99. The number of nitrogens with zero attached hydrogens (tertiary/aromatic N) is 1. The highest BCUT2D eigenvalue weighted by molar-refractivity contribution is 4.93. The lowest BCUT2D eigenvalue weighted by molar-refractivity contribution is -0.0252. The van der Waals surface area contributed by atoms with Gasteiger partial charge in [-0.25, -0.2) is 0 Å². The van der Waals surface area contributed by atoms with Crippen LogP contribution in [0.5, 0.6) is 0 Å². The second kappa shape index (κ2) is 6.88. The van der Waals surface area contributed by atoms with Crippen molar-refractivity contribution >= 4 is 0 Å². The van der Waals surface area contributed by atoms with Gasteiger partial charge in [0.1, 0.15) is 0 Å². The van der Waals surface area contributed by atoms with E-state index in [0.29, 0.717) is 12.0 Å². The van der Waals surface area contributed by atoms with E-state index in [4.69, 9.17) is 10.5 Å². The maximum Gasteiger partial charge on any atom is 0.0659 e. The summed E-state index contributed by atoms with van der Waals surface area (Å²) >= 11 is 0. The molecule has 108 valence electrons. The van der Waals surface area contributed by atoms with Crippen molar-refractivity contribution in [1.29, 1.82) is 0 Å². The minimum absolute atomic E-state index is 0.0175. The molecule has 1 saturated heterocycles. The van der Waals surface area contributed by atoms with Gasteiger partial charge in [0.25, 0.3) is 0 Å². The van der Waals surface area contributed by atoms with Gasteiger partial charge < -0.3 is 10.5 Å². The van der Waals surface area contributed by atoms with Crippen LogP contribution >= 0.6 is 0 Å². The molecule has 2 N–H and O–H groups in total. The average molecular weight is 256 g/mol. The Labute approximate surface area is 113 Å². The Morgan fingerprint density at radius 3 is 2.11 bits per heavy atom. The molecule has 3 heteroatoms. The average Bonchev–Trinajstić information content (AvgIpc) is 2.45. The summed E-state index contributed by atoms with van der Waals surface area (Å²) in [6.07, 6.45) is 5.23. The van der Waals surface area contributed by atoms with Crippen LogP contribution in [0, 0.1) is 5.41 Å². The SMILES string of the molecule is CCOCC(C)(CN)N1CCC(CC)(CC)CC1. The molecule has 0 saturated carbocycles. The lowest BCUT2D eigenvalue weighted by atomic mass is 9.73. The number of ether oxygens (including phenoxy) is 1. The fraction of sp³-hybridized carbons (Fsp3) is 1.00. The third-order valence-corrected chi connectivity index (χ3v) is 5.14. The highest BCUT2D eigenvalue weighted by Gasteiger charge is 2.38. The molecule has 0 aromatic rings. The number of nitrogens with two attached hydrogens (primary N) is 1. The molecule has 1 aliphatic rings. The second-order valence-electron chi connectivity index (χ2n) is 6.03. The molecule has 1 fully saturated rings. The lowest BCUT2D eigenvalue weighted by Crippen LogP contribution is -2.58. The van der Waals surface area contributed by atoms with Gasteiger partial charge in [-0.15, -0.1) is 0 Å². The molecule has 1 aliphatic heterocycles. The molecule has 0 aromatic heterocycles. The molecule has 3 nitrogen and oxygen atoms in total. The first kappa shape index (κ1) is 15.9. The van der Waals surface area contributed by atoms with Gasteiger partial charge in [0.05, 0.1) is 12.1 Å². The first-order valence-electron chi connectivity index (χ1n) is 7.58. The number of hydrogen-bond donors (Lipinski definition) is 1. The van der Waals surface area contributed by atoms with E-state index in [1.807, 2.05) is 6.92 Å². The fourth-order valence-corrected chi connectivity index (χ4v) is 3.08. The summed E-state index contributed by atoms with van der Waals surface area (Å²) in [7, 11) is 0. The molecule has 1 heterocycles. The van der Waals surface area contributed by atoms with Gasteiger partial charge in [-0.2, -0.15) is 0 Å². The van der Waals surface area contributed by atoms with E-state index in [1.54, 1.807) is 0 Å². The molecular weight excluding hydrogens is 224 g/mol. The minimum Gasteiger partial charge on any atom is -0.380 e. The van der Waals surface area contributed by atoms with Gasteiger partial charge in [0, 0.05) is 13.2 Å². The summed E-state index contributed by atoms with van der Waals surface area (Å²) in [6.45, 7) is 13.5. The number of rotatable bonds is 7. The van der Waals surface area contributed by atoms with Crippen molar-refractivity contribution in [3.05, 3.63) is 0 Å². The summed E-state index contributed by atoms with van der Waals surface area (Å²) < 4.78 is 5.63. The predicted molar refractivity (Wildman–Crippen MR) is 77.8 cm³/mol. The van der Waals surface area contributed by atoms with Crippen LogP contribution in [0.2, 0.25) is 0 Å². The minimum atomic E-state index is 0.0175. The maximum atomic E-state index is 5.99. The van der Waals surface area contributed by atoms with E-state index in [0.717, 1.165) is 13.2 Å². The first-order valence-corrected chi connectivity index (χ1v) is 7.58. The number of piperidine rings is 1. The zero-order valence-electron chi connectivity index (χ0n) is 12.8. The summed E-state index contributed by atoms with van der Waals surface area (Å²) in [5, 5.41) is 0. The summed E-state index contributed by atoms with van der Waals surface area (Å²) in [6, 6.07) is 0. The van der Waals surface area contributed by atoms with E-state index in [-0.39, 0.29) is 5.54 Å². The van der Waals surface area contributed by atoms with Gasteiger partial charge >= 0.3 is 0 Å². The van der Waals surface area contributed by atoms with Crippen LogP contribution in [0.25, 0.3) is 0 Å². The molecule has 0 aromatic carbocycles. The molecule has 0 bridgehead atoms. The lowest BCUT2D eigenvalue weighted by Gasteiger charge is -2.48. The molecule has 1 rings (SSSR count). The van der Waals surface area contributed by atoms with Crippen LogP contribution in [0.3, 0.4) is 0 Å². The van der Waals surface area contributed by atoms with E-state index in [2.05, 4.69) is 25.7 Å². The topological polar surface area (TPSA) is 38.5 Å². The van der Waals surface area contributed by atoms with Crippen LogP contribution in [0.1, 0.15) is 53.4 Å². The molecule has 18 heavy (non-hydrogen) atoms. The van der Waals surface area contributed by atoms with Crippen LogP contribution in [0.4, 0.5) is 0 Å². The van der Waals surface area contributed by atoms with Gasteiger partial charge in [0.15, 0.2) is 0 Å². The van der Waals surface area contributed by atoms with E-state index in [9.17, 15) is 0 Å². The van der Waals surface area contributed by atoms with Crippen molar-refractivity contribution in [2.24, 2.45) is 11.1 Å². The monoisotopic (exact) mass is 256 g/mol. The fourth-order valence-electron chi connectivity index (χ4n) is 3.08. The summed E-state index contributed by atoms with van der Waals surface area (Å²) in [4.78, 5) is 2.55. The largest absolute Gasteiger partial charge is 0.380 e. The molecular formula is C15H32N2O. The van der Waals surface area contributed by atoms with Gasteiger partial charge in [-0.3, -0.25) is 4.90 Å². The Hall–Kier alpha value is -0.120. The standard InChI is InChI=1S/C15H32N2O/c1-5-15(6-2)8-10-17(11-9-15)14(4,12-16)13-18-7-3/h5-13,16H2,1-4H3. The Bertz CT molecular complexity index is 231. The van der Waals surface area contributed by atoms with E-state index >= 15 is 0 Å². The zero-order chi connectivity index (χ0) is 13.6. The Morgan fingerprint density at radius 1 is 1.17 bits per heavy atom. The highest BCUT2D eigenvalue weighted by atomic mass is 16.5. The van der Waals surface area contributed by atoms with Crippen molar-refractivity contribution in [3.63, 3.8) is 0 Å². The van der Waals surface area contributed by atoms with Gasteiger partial charge in [-0.1, -0.05) is 26.7 Å². The van der Waals surface area contributed by atoms with E-state index < -0.39 is 0 Å². The Morgan fingerprint density at radius 2 is 1.72 bits per heavy atom. The molecule has 0 spiro atoms. The smallest absolute Gasteiger partial charge is 0.0659 e. The molecule has 1 atom stereocenters. The third kappa shape index (κ3) is 3.46. The zero-order valence-corrected chi connectivity index (χ0v) is 12.8. The van der Waals surface area contributed by atoms with Gasteiger partial charge in [-0.05, 0) is 45.2 Å². The normalized spacial score (nSPS) is 23.8. The summed E-state index contributed by atoms with van der Waals surface area (Å²) in [5.74, 6) is 0. The van der Waals surface area contributed by atoms with Crippen molar-refractivity contribution in [1.82, 2.24) is 4.90 Å². The highest BCUT2D eigenvalue weighted by Crippen LogP contribution is 2.39. The number of likely N-dealkylation sites (tertiary alicyclic amines) is 1. The van der Waals surface area contributed by atoms with Crippen LogP contribution in [-0.4, -0.2) is 43.3 Å². The predicted octanol–water partition coefficient (Wildman–Crippen LogP) is 2.64. The molecule has 0 radical (unpaired) electrons. The quantitative estimate of drug-likeness (QED) is 0.761. The Balaban J connectivity index is 2.59. The summed E-state index contributed by atoms with van der Waals surface area (Å²) in [5.41, 5.74) is 6.59. The molecule has 1 unspecified atom stereocenters. The second-order valence-corrected chi connectivity index (χ2v) is 6.03. The number of hydrogen-bond acceptors (Lipinski definition) is 3. The van der Waals surface area contributed by atoms with Crippen LogP contribution < -0.4 is 5.73 Å². The molecule has 0 aliphatic carbocycles. The van der Waals surface area contributed by atoms with Crippen molar-refractivity contribution in [2.75, 3.05) is 32.8 Å². The Kier molecular flexibility index (Phi) is 6.09.